The number of sulfonamides is 1. The number of halogens is 1. The maximum Gasteiger partial charge on any atom is 0.245 e. The predicted molar refractivity (Wildman–Crippen MR) is 91.2 cm³/mol. The van der Waals surface area contributed by atoms with Gasteiger partial charge in [-0.05, 0) is 28.9 Å². The Hall–Kier alpha value is 0.390. The van der Waals surface area contributed by atoms with E-state index in [4.69, 9.17) is 0 Å². The van der Waals surface area contributed by atoms with E-state index in [1.807, 2.05) is 0 Å². The predicted octanol–water partition coefficient (Wildman–Crippen LogP) is 2.32. The fraction of sp³-hybridized carbons (Fsp3) is 0.636. The molecule has 0 saturated carbocycles. The second-order valence-corrected chi connectivity index (χ2v) is 12.7. The largest absolute Gasteiger partial charge is 0.245 e. The van der Waals surface area contributed by atoms with Crippen LogP contribution in [-0.4, -0.2) is 50.3 Å². The Labute approximate surface area is 142 Å². The van der Waals surface area contributed by atoms with E-state index in [2.05, 4.69) is 15.9 Å². The minimum atomic E-state index is -3.79. The summed E-state index contributed by atoms with van der Waals surface area (Å²) >= 11 is 6.09. The fourth-order valence-electron chi connectivity index (χ4n) is 2.13. The van der Waals surface area contributed by atoms with Gasteiger partial charge in [0, 0.05) is 28.7 Å². The Balaban J connectivity index is 2.48. The van der Waals surface area contributed by atoms with Crippen molar-refractivity contribution in [1.29, 1.82) is 0 Å². The highest BCUT2D eigenvalue weighted by atomic mass is 79.9. The van der Waals surface area contributed by atoms with Gasteiger partial charge in [-0.25, -0.2) is 16.8 Å². The molecule has 1 atom stereocenters. The fourth-order valence-corrected chi connectivity index (χ4v) is 9.76. The van der Waals surface area contributed by atoms with Gasteiger partial charge in [0.1, 0.15) is 5.37 Å². The second-order valence-electron chi connectivity index (χ2n) is 4.57. The lowest BCUT2D eigenvalue weighted by atomic mass is 10.5. The van der Waals surface area contributed by atoms with E-state index in [0.29, 0.717) is 16.4 Å². The molecule has 5 nitrogen and oxygen atoms in total. The number of sulfone groups is 1. The summed E-state index contributed by atoms with van der Waals surface area (Å²) in [7, 11) is -7.24. The molecule has 0 radical (unpaired) electrons. The van der Waals surface area contributed by atoms with Crippen LogP contribution in [0.5, 0.6) is 0 Å². The second kappa shape index (κ2) is 6.48. The van der Waals surface area contributed by atoms with Gasteiger partial charge >= 0.3 is 0 Å². The van der Waals surface area contributed by atoms with Crippen molar-refractivity contribution >= 4 is 58.9 Å². The van der Waals surface area contributed by atoms with E-state index in [9.17, 15) is 16.8 Å². The molecule has 1 aliphatic rings. The molecule has 120 valence electrons. The van der Waals surface area contributed by atoms with Gasteiger partial charge in [-0.3, -0.25) is 0 Å². The normalized spacial score (nSPS) is 21.6. The first-order chi connectivity index (χ1) is 9.70. The van der Waals surface area contributed by atoms with E-state index in [1.165, 1.54) is 23.1 Å². The van der Waals surface area contributed by atoms with Gasteiger partial charge in [-0.1, -0.05) is 6.92 Å². The monoisotopic (exact) mass is 433 g/mol. The number of hydrogen-bond donors (Lipinski definition) is 0. The van der Waals surface area contributed by atoms with Crippen LogP contribution in [0, 0.1) is 6.92 Å². The third-order valence-electron chi connectivity index (χ3n) is 3.28. The summed E-state index contributed by atoms with van der Waals surface area (Å²) in [6, 6.07) is 1.55. The summed E-state index contributed by atoms with van der Waals surface area (Å²) in [6.07, 6.45) is 0. The van der Waals surface area contributed by atoms with Crippen LogP contribution in [-0.2, 0) is 19.9 Å². The number of hydrogen-bond acceptors (Lipinski definition) is 6. The Kier molecular flexibility index (Phi) is 5.48. The number of aryl methyl sites for hydroxylation is 1. The molecule has 0 aliphatic carbocycles. The van der Waals surface area contributed by atoms with Crippen molar-refractivity contribution in [3.05, 3.63) is 14.7 Å². The van der Waals surface area contributed by atoms with Gasteiger partial charge in [0.25, 0.3) is 0 Å². The van der Waals surface area contributed by atoms with Gasteiger partial charge in [0.15, 0.2) is 9.84 Å². The number of thiophene rings is 1. The summed E-state index contributed by atoms with van der Waals surface area (Å²) in [5, 5.41) is -0.968. The van der Waals surface area contributed by atoms with E-state index in [-0.39, 0.29) is 17.2 Å². The van der Waals surface area contributed by atoms with Crippen LogP contribution in [0.15, 0.2) is 14.7 Å². The minimum Gasteiger partial charge on any atom is -0.227 e. The first-order valence-corrected chi connectivity index (χ1v) is 12.2. The summed E-state index contributed by atoms with van der Waals surface area (Å²) in [5.74, 6) is 0.843. The van der Waals surface area contributed by atoms with Crippen LogP contribution >= 0.6 is 39.0 Å². The third kappa shape index (κ3) is 3.50. The van der Waals surface area contributed by atoms with Crippen LogP contribution in [0.3, 0.4) is 0 Å². The molecule has 21 heavy (non-hydrogen) atoms. The van der Waals surface area contributed by atoms with Crippen LogP contribution < -0.4 is 0 Å². The van der Waals surface area contributed by atoms with Crippen molar-refractivity contribution in [2.24, 2.45) is 0 Å². The summed E-state index contributed by atoms with van der Waals surface area (Å²) < 4.78 is 52.0. The first-order valence-electron chi connectivity index (χ1n) is 6.27. The highest BCUT2D eigenvalue weighted by Crippen LogP contribution is 2.34. The molecule has 0 bridgehead atoms. The summed E-state index contributed by atoms with van der Waals surface area (Å²) in [5.41, 5.74) is 0. The van der Waals surface area contributed by atoms with Crippen molar-refractivity contribution < 1.29 is 16.8 Å². The molecule has 0 spiro atoms. The Morgan fingerprint density at radius 1 is 1.38 bits per heavy atom. The molecule has 10 heteroatoms. The average molecular weight is 434 g/mol. The van der Waals surface area contributed by atoms with Crippen molar-refractivity contribution in [2.75, 3.05) is 23.8 Å². The molecule has 0 amide bonds. The molecule has 1 unspecified atom stereocenters. The lowest BCUT2D eigenvalue weighted by Crippen LogP contribution is -2.50. The number of rotatable bonds is 4. The van der Waals surface area contributed by atoms with Gasteiger partial charge in [0.2, 0.25) is 10.0 Å². The molecule has 2 heterocycles. The van der Waals surface area contributed by atoms with Crippen molar-refractivity contribution in [3.8, 4) is 0 Å². The third-order valence-corrected chi connectivity index (χ3v) is 10.4. The van der Waals surface area contributed by atoms with Crippen molar-refractivity contribution in [3.63, 3.8) is 0 Å². The van der Waals surface area contributed by atoms with Gasteiger partial charge < -0.3 is 0 Å². The minimum absolute atomic E-state index is 0.0590. The van der Waals surface area contributed by atoms with Crippen LogP contribution in [0.4, 0.5) is 0 Å². The zero-order valence-electron chi connectivity index (χ0n) is 11.6. The van der Waals surface area contributed by atoms with Crippen LogP contribution in [0.2, 0.25) is 0 Å². The highest BCUT2D eigenvalue weighted by molar-refractivity contribution is 9.11. The quantitative estimate of drug-likeness (QED) is 0.728. The highest BCUT2D eigenvalue weighted by Gasteiger charge is 2.41. The molecule has 2 rings (SSSR count). The Morgan fingerprint density at radius 2 is 2.05 bits per heavy atom. The van der Waals surface area contributed by atoms with E-state index >= 15 is 0 Å². The van der Waals surface area contributed by atoms with Gasteiger partial charge in [-0.2, -0.15) is 16.1 Å². The lowest BCUT2D eigenvalue weighted by Gasteiger charge is -2.33. The number of thioether (sulfide) groups is 1. The molecule has 1 aromatic rings. The Bertz CT molecular complexity index is 725. The summed E-state index contributed by atoms with van der Waals surface area (Å²) in [4.78, 5) is 0.857. The smallest absolute Gasteiger partial charge is 0.227 e. The summed E-state index contributed by atoms with van der Waals surface area (Å²) in [6.45, 7) is 3.50. The maximum atomic E-state index is 12.8. The first kappa shape index (κ1) is 17.7. The topological polar surface area (TPSA) is 71.5 Å². The van der Waals surface area contributed by atoms with E-state index in [1.54, 1.807) is 19.9 Å². The van der Waals surface area contributed by atoms with Crippen molar-refractivity contribution in [2.45, 2.75) is 24.1 Å². The number of nitrogens with zero attached hydrogens (tertiary/aromatic N) is 1. The van der Waals surface area contributed by atoms with E-state index in [0.717, 1.165) is 8.09 Å². The lowest BCUT2D eigenvalue weighted by molar-refractivity contribution is 0.404. The van der Waals surface area contributed by atoms with E-state index < -0.39 is 25.2 Å². The molecule has 1 saturated heterocycles. The van der Waals surface area contributed by atoms with Crippen molar-refractivity contribution in [1.82, 2.24) is 4.31 Å². The van der Waals surface area contributed by atoms with Gasteiger partial charge in [0.05, 0.1) is 8.68 Å². The van der Waals surface area contributed by atoms with Gasteiger partial charge in [-0.15, -0.1) is 11.3 Å². The molecule has 1 aliphatic heterocycles. The molecule has 0 N–H and O–H groups in total. The van der Waals surface area contributed by atoms with Crippen LogP contribution in [0.1, 0.15) is 11.8 Å². The zero-order chi connectivity index (χ0) is 15.8. The molecule has 1 fully saturated rings. The maximum absolute atomic E-state index is 12.8. The average Bonchev–Trinajstić information content (AvgIpc) is 2.78. The molecular weight excluding hydrogens is 418 g/mol. The standard InChI is InChI=1S/C11H16BrNO4S4/c1-3-20(14,15)11-7-18-5-4-13(11)21(16,17)9-6-10(12)19-8(9)2/h6,11H,3-5,7H2,1-2H3. The Morgan fingerprint density at radius 3 is 2.57 bits per heavy atom. The van der Waals surface area contributed by atoms with Crippen LogP contribution in [0.25, 0.3) is 0 Å². The molecule has 0 aromatic carbocycles. The SMILES string of the molecule is CCS(=O)(=O)C1CSCCN1S(=O)(=O)c1cc(Br)sc1C. The molecular formula is C11H16BrNO4S4. The zero-order valence-corrected chi connectivity index (χ0v) is 16.4. The molecule has 1 aromatic heterocycles.